The average molecular weight is 270 g/mol. The van der Waals surface area contributed by atoms with Crippen LogP contribution >= 0.6 is 0 Å². The molecular formula is C18H22O2. The molecule has 0 spiro atoms. The van der Waals surface area contributed by atoms with E-state index >= 15 is 0 Å². The summed E-state index contributed by atoms with van der Waals surface area (Å²) in [5, 5.41) is 10.4. The molecule has 2 nitrogen and oxygen atoms in total. The van der Waals surface area contributed by atoms with E-state index in [-0.39, 0.29) is 0 Å². The van der Waals surface area contributed by atoms with Crippen LogP contribution in [-0.2, 0) is 12.8 Å². The fourth-order valence-electron chi connectivity index (χ4n) is 2.37. The molecule has 0 bridgehead atoms. The highest BCUT2D eigenvalue weighted by Crippen LogP contribution is 2.29. The van der Waals surface area contributed by atoms with E-state index in [0.717, 1.165) is 24.2 Å². The van der Waals surface area contributed by atoms with Crippen LogP contribution in [0.25, 0.3) is 0 Å². The molecule has 0 aromatic heterocycles. The van der Waals surface area contributed by atoms with Crippen molar-refractivity contribution in [3.05, 3.63) is 65.2 Å². The van der Waals surface area contributed by atoms with Crippen molar-refractivity contribution >= 4 is 0 Å². The molecule has 0 aliphatic carbocycles. The van der Waals surface area contributed by atoms with Crippen LogP contribution in [0.2, 0.25) is 0 Å². The zero-order chi connectivity index (χ0) is 14.4. The van der Waals surface area contributed by atoms with Crippen LogP contribution in [0.15, 0.2) is 48.5 Å². The van der Waals surface area contributed by atoms with Crippen LogP contribution in [-0.4, -0.2) is 12.2 Å². The number of aliphatic hydroxyl groups is 1. The van der Waals surface area contributed by atoms with Crippen molar-refractivity contribution in [1.29, 1.82) is 0 Å². The lowest BCUT2D eigenvalue weighted by Crippen LogP contribution is -2.03. The molecule has 2 heteroatoms. The molecule has 1 N–H and O–H groups in total. The quantitative estimate of drug-likeness (QED) is 0.862. The second kappa shape index (κ2) is 7.11. The topological polar surface area (TPSA) is 29.5 Å². The van der Waals surface area contributed by atoms with E-state index < -0.39 is 6.10 Å². The molecule has 0 aliphatic rings. The summed E-state index contributed by atoms with van der Waals surface area (Å²) in [6.45, 7) is 2.11. The number of aliphatic hydroxyl groups excluding tert-OH is 1. The highest BCUT2D eigenvalue weighted by molar-refractivity contribution is 5.39. The monoisotopic (exact) mass is 270 g/mol. The van der Waals surface area contributed by atoms with Gasteiger partial charge in [0.25, 0.3) is 0 Å². The minimum atomic E-state index is -0.489. The number of rotatable bonds is 6. The lowest BCUT2D eigenvalue weighted by Gasteiger charge is -2.16. The predicted octanol–water partition coefficient (Wildman–Crippen LogP) is 3.92. The number of hydrogen-bond acceptors (Lipinski definition) is 2. The first-order chi connectivity index (χ1) is 9.74. The maximum Gasteiger partial charge on any atom is 0.124 e. The van der Waals surface area contributed by atoms with Gasteiger partial charge in [-0.25, -0.2) is 0 Å². The Kier molecular flexibility index (Phi) is 5.19. The van der Waals surface area contributed by atoms with Gasteiger partial charge in [0.15, 0.2) is 0 Å². The van der Waals surface area contributed by atoms with Crippen molar-refractivity contribution < 1.29 is 9.84 Å². The smallest absolute Gasteiger partial charge is 0.124 e. The molecule has 0 aliphatic heterocycles. The van der Waals surface area contributed by atoms with E-state index in [9.17, 15) is 5.11 Å². The Labute approximate surface area is 121 Å². The summed E-state index contributed by atoms with van der Waals surface area (Å²) in [6, 6.07) is 16.3. The van der Waals surface area contributed by atoms with Gasteiger partial charge in [0.2, 0.25) is 0 Å². The highest BCUT2D eigenvalue weighted by Gasteiger charge is 2.13. The Morgan fingerprint density at radius 3 is 2.45 bits per heavy atom. The van der Waals surface area contributed by atoms with Gasteiger partial charge in [0.1, 0.15) is 5.75 Å². The van der Waals surface area contributed by atoms with E-state index in [1.165, 1.54) is 11.1 Å². The number of ether oxygens (including phenoxy) is 1. The number of aryl methyl sites for hydroxylation is 2. The molecule has 1 atom stereocenters. The molecule has 0 radical (unpaired) electrons. The standard InChI is InChI=1S/C18H22O2/c1-3-14-10-12-18(20-2)16(13-14)17(19)11-9-15-7-5-4-6-8-15/h4-8,10,12-13,17,19H,3,9,11H2,1-2H3. The van der Waals surface area contributed by atoms with Crippen LogP contribution in [0.5, 0.6) is 5.75 Å². The lowest BCUT2D eigenvalue weighted by atomic mass is 9.98. The Bertz CT molecular complexity index is 534. The summed E-state index contributed by atoms with van der Waals surface area (Å²) in [6.07, 6.45) is 2.04. The summed E-state index contributed by atoms with van der Waals surface area (Å²) in [5.41, 5.74) is 3.36. The van der Waals surface area contributed by atoms with Crippen molar-refractivity contribution in [1.82, 2.24) is 0 Å². The van der Waals surface area contributed by atoms with Gasteiger partial charge in [-0.15, -0.1) is 0 Å². The third-order valence-electron chi connectivity index (χ3n) is 3.61. The van der Waals surface area contributed by atoms with Crippen molar-refractivity contribution in [2.24, 2.45) is 0 Å². The largest absolute Gasteiger partial charge is 0.496 e. The van der Waals surface area contributed by atoms with Gasteiger partial charge in [-0.1, -0.05) is 43.3 Å². The average Bonchev–Trinajstić information content (AvgIpc) is 2.52. The molecule has 0 amide bonds. The van der Waals surface area contributed by atoms with Gasteiger partial charge in [-0.2, -0.15) is 0 Å². The lowest BCUT2D eigenvalue weighted by molar-refractivity contribution is 0.163. The predicted molar refractivity (Wildman–Crippen MR) is 82.1 cm³/mol. The van der Waals surface area contributed by atoms with E-state index in [0.29, 0.717) is 6.42 Å². The fraction of sp³-hybridized carbons (Fsp3) is 0.333. The minimum absolute atomic E-state index is 0.489. The summed E-state index contributed by atoms with van der Waals surface area (Å²) in [7, 11) is 1.65. The van der Waals surface area contributed by atoms with Crippen LogP contribution in [0, 0.1) is 0 Å². The Morgan fingerprint density at radius 2 is 1.80 bits per heavy atom. The van der Waals surface area contributed by atoms with E-state index in [4.69, 9.17) is 4.74 Å². The third-order valence-corrected chi connectivity index (χ3v) is 3.61. The van der Waals surface area contributed by atoms with Crippen LogP contribution in [0.1, 0.15) is 36.1 Å². The van der Waals surface area contributed by atoms with Crippen LogP contribution in [0.4, 0.5) is 0 Å². The number of methoxy groups -OCH3 is 1. The SMILES string of the molecule is CCc1ccc(OC)c(C(O)CCc2ccccc2)c1. The Hall–Kier alpha value is -1.80. The molecule has 2 aromatic rings. The van der Waals surface area contributed by atoms with Crippen molar-refractivity contribution in [2.45, 2.75) is 32.3 Å². The van der Waals surface area contributed by atoms with Gasteiger partial charge < -0.3 is 9.84 Å². The molecular weight excluding hydrogens is 248 g/mol. The summed E-state index contributed by atoms with van der Waals surface area (Å²) >= 11 is 0. The molecule has 0 saturated carbocycles. The first-order valence-electron chi connectivity index (χ1n) is 7.13. The second-order valence-electron chi connectivity index (χ2n) is 4.97. The molecule has 2 rings (SSSR count). The summed E-state index contributed by atoms with van der Waals surface area (Å²) in [4.78, 5) is 0. The number of benzene rings is 2. The molecule has 106 valence electrons. The van der Waals surface area contributed by atoms with Gasteiger partial charge in [0, 0.05) is 5.56 Å². The summed E-state index contributed by atoms with van der Waals surface area (Å²) < 4.78 is 5.36. The van der Waals surface area contributed by atoms with E-state index in [1.54, 1.807) is 7.11 Å². The van der Waals surface area contributed by atoms with Gasteiger partial charge in [-0.3, -0.25) is 0 Å². The molecule has 0 saturated heterocycles. The van der Waals surface area contributed by atoms with E-state index in [1.807, 2.05) is 30.3 Å². The van der Waals surface area contributed by atoms with Crippen LogP contribution in [0.3, 0.4) is 0 Å². The second-order valence-corrected chi connectivity index (χ2v) is 4.97. The fourth-order valence-corrected chi connectivity index (χ4v) is 2.37. The van der Waals surface area contributed by atoms with Gasteiger partial charge in [0.05, 0.1) is 13.2 Å². The maximum atomic E-state index is 10.4. The molecule has 2 aromatic carbocycles. The zero-order valence-electron chi connectivity index (χ0n) is 12.2. The molecule has 0 fully saturated rings. The molecule has 1 unspecified atom stereocenters. The van der Waals surface area contributed by atoms with Gasteiger partial charge in [-0.05, 0) is 42.5 Å². The summed E-state index contributed by atoms with van der Waals surface area (Å²) in [5.74, 6) is 0.766. The van der Waals surface area contributed by atoms with Gasteiger partial charge >= 0.3 is 0 Å². The molecule has 0 heterocycles. The maximum absolute atomic E-state index is 10.4. The first kappa shape index (κ1) is 14.6. The Balaban J connectivity index is 2.09. The third kappa shape index (κ3) is 3.61. The Morgan fingerprint density at radius 1 is 1.05 bits per heavy atom. The number of hydrogen-bond donors (Lipinski definition) is 1. The molecule has 20 heavy (non-hydrogen) atoms. The first-order valence-corrected chi connectivity index (χ1v) is 7.13. The van der Waals surface area contributed by atoms with Crippen molar-refractivity contribution in [3.63, 3.8) is 0 Å². The van der Waals surface area contributed by atoms with Crippen molar-refractivity contribution in [2.75, 3.05) is 7.11 Å². The van der Waals surface area contributed by atoms with Crippen molar-refractivity contribution in [3.8, 4) is 5.75 Å². The highest BCUT2D eigenvalue weighted by atomic mass is 16.5. The minimum Gasteiger partial charge on any atom is -0.496 e. The normalized spacial score (nSPS) is 12.2. The van der Waals surface area contributed by atoms with Crippen LogP contribution < -0.4 is 4.74 Å². The zero-order valence-corrected chi connectivity index (χ0v) is 12.2. The van der Waals surface area contributed by atoms with E-state index in [2.05, 4.69) is 25.1 Å².